The summed E-state index contributed by atoms with van der Waals surface area (Å²) >= 11 is 1.77. The second-order valence-electron chi connectivity index (χ2n) is 10.7. The lowest BCUT2D eigenvalue weighted by molar-refractivity contribution is -0.114. The van der Waals surface area contributed by atoms with E-state index in [-0.39, 0.29) is 17.8 Å². The van der Waals surface area contributed by atoms with Gasteiger partial charge in [0.15, 0.2) is 5.78 Å². The van der Waals surface area contributed by atoms with Crippen molar-refractivity contribution in [3.63, 3.8) is 0 Å². The topological polar surface area (TPSA) is 57.5 Å². The third-order valence-corrected chi connectivity index (χ3v) is 10.1. The van der Waals surface area contributed by atoms with Gasteiger partial charge in [-0.15, -0.1) is 11.8 Å². The van der Waals surface area contributed by atoms with Crippen molar-refractivity contribution >= 4 is 17.5 Å². The van der Waals surface area contributed by atoms with Crippen molar-refractivity contribution < 1.29 is 15.0 Å². The molecule has 32 heavy (non-hydrogen) atoms. The largest absolute Gasteiger partial charge is 0.396 e. The van der Waals surface area contributed by atoms with Gasteiger partial charge in [-0.1, -0.05) is 24.6 Å². The van der Waals surface area contributed by atoms with Crippen molar-refractivity contribution in [3.8, 4) is 0 Å². The molecule has 0 aromatic heterocycles. The quantitative estimate of drug-likeness (QED) is 0.554. The molecule has 0 spiro atoms. The number of aliphatic hydroxyl groups excluding tert-OH is 1. The van der Waals surface area contributed by atoms with E-state index in [4.69, 9.17) is 0 Å². The van der Waals surface area contributed by atoms with Crippen molar-refractivity contribution in [1.82, 2.24) is 0 Å². The first-order valence-corrected chi connectivity index (χ1v) is 13.6. The molecule has 0 radical (unpaired) electrons. The predicted octanol–water partition coefficient (Wildman–Crippen LogP) is 5.81. The van der Waals surface area contributed by atoms with Gasteiger partial charge in [-0.3, -0.25) is 4.79 Å². The molecule has 0 bridgehead atoms. The number of thioether (sulfide) groups is 1. The first-order chi connectivity index (χ1) is 15.4. The third-order valence-electron chi connectivity index (χ3n) is 9.32. The summed E-state index contributed by atoms with van der Waals surface area (Å²) in [4.78, 5) is 13.4. The molecule has 4 heteroatoms. The van der Waals surface area contributed by atoms with E-state index >= 15 is 0 Å². The monoisotopic (exact) mass is 452 g/mol. The molecule has 5 rings (SSSR count). The molecule has 172 valence electrons. The lowest BCUT2D eigenvalue weighted by atomic mass is 9.51. The summed E-state index contributed by atoms with van der Waals surface area (Å²) < 4.78 is 0. The van der Waals surface area contributed by atoms with Crippen LogP contribution in [0.15, 0.2) is 52.0 Å². The van der Waals surface area contributed by atoms with Crippen LogP contribution in [0.2, 0.25) is 0 Å². The van der Waals surface area contributed by atoms with Gasteiger partial charge < -0.3 is 10.2 Å². The average molecular weight is 453 g/mol. The number of carbonyl (C=O) groups is 1. The fourth-order valence-electron chi connectivity index (χ4n) is 7.67. The minimum atomic E-state index is -0.702. The Kier molecular flexibility index (Phi) is 5.92. The van der Waals surface area contributed by atoms with Crippen molar-refractivity contribution in [2.45, 2.75) is 81.1 Å². The summed E-state index contributed by atoms with van der Waals surface area (Å²) in [5.41, 5.74) is 4.84. The Hall–Kier alpha value is -1.36. The molecule has 0 amide bonds. The van der Waals surface area contributed by atoms with E-state index in [1.165, 1.54) is 21.6 Å². The highest BCUT2D eigenvalue weighted by atomic mass is 32.2. The molecule has 1 aromatic rings. The maximum absolute atomic E-state index is 12.2. The Bertz CT molecular complexity index is 961. The van der Waals surface area contributed by atoms with Crippen LogP contribution in [0.3, 0.4) is 0 Å². The predicted molar refractivity (Wildman–Crippen MR) is 130 cm³/mol. The van der Waals surface area contributed by atoms with Crippen LogP contribution in [0.25, 0.3) is 0 Å². The zero-order valence-electron chi connectivity index (χ0n) is 19.4. The van der Waals surface area contributed by atoms with E-state index in [9.17, 15) is 15.0 Å². The van der Waals surface area contributed by atoms with Crippen molar-refractivity contribution in [2.75, 3.05) is 12.9 Å². The van der Waals surface area contributed by atoms with Crippen LogP contribution in [-0.2, 0) is 4.79 Å². The molecule has 0 aliphatic heterocycles. The van der Waals surface area contributed by atoms with Gasteiger partial charge in [-0.25, -0.2) is 0 Å². The van der Waals surface area contributed by atoms with Gasteiger partial charge in [-0.2, -0.15) is 0 Å². The van der Waals surface area contributed by atoms with Crippen molar-refractivity contribution in [1.29, 1.82) is 0 Å². The molecular formula is C28H36O3S. The minimum Gasteiger partial charge on any atom is -0.396 e. The molecule has 5 atom stereocenters. The van der Waals surface area contributed by atoms with Gasteiger partial charge in [0, 0.05) is 29.3 Å². The first-order valence-electron chi connectivity index (χ1n) is 12.3. The van der Waals surface area contributed by atoms with Gasteiger partial charge in [0.2, 0.25) is 0 Å². The van der Waals surface area contributed by atoms with Crippen LogP contribution in [0.4, 0.5) is 0 Å². The van der Waals surface area contributed by atoms with E-state index < -0.39 is 5.60 Å². The second-order valence-corrected chi connectivity index (χ2v) is 11.5. The Morgan fingerprint density at radius 3 is 2.62 bits per heavy atom. The number of ketones is 1. The second kappa shape index (κ2) is 8.45. The van der Waals surface area contributed by atoms with Crippen molar-refractivity contribution in [2.24, 2.45) is 17.3 Å². The fraction of sp³-hybridized carbons (Fsp3) is 0.607. The molecule has 4 aliphatic rings. The fourth-order valence-corrected chi connectivity index (χ4v) is 8.08. The molecule has 1 aromatic carbocycles. The molecule has 3 nitrogen and oxygen atoms in total. The molecule has 0 saturated heterocycles. The summed E-state index contributed by atoms with van der Waals surface area (Å²) in [7, 11) is 0. The lowest BCUT2D eigenvalue weighted by Crippen LogP contribution is -2.51. The summed E-state index contributed by atoms with van der Waals surface area (Å²) in [5, 5.41) is 21.4. The van der Waals surface area contributed by atoms with E-state index in [0.29, 0.717) is 37.0 Å². The molecule has 4 aliphatic carbocycles. The highest BCUT2D eigenvalue weighted by molar-refractivity contribution is 7.98. The number of aliphatic hydroxyl groups is 2. The molecule has 2 N–H and O–H groups in total. The van der Waals surface area contributed by atoms with E-state index in [1.807, 2.05) is 6.08 Å². The number of allylic oxidation sites excluding steroid dienone is 4. The Morgan fingerprint density at radius 2 is 1.91 bits per heavy atom. The SMILES string of the molecule is CSc1ccc([C@H]2C[C@@]3(C)[C@@H](CC[C@@]3(O)CCCO)[C@@H]3CCC4=CC(=O)CCC4=C32)cc1. The smallest absolute Gasteiger partial charge is 0.156 e. The van der Waals surface area contributed by atoms with Crippen LogP contribution in [0.5, 0.6) is 0 Å². The van der Waals surface area contributed by atoms with Gasteiger partial charge in [0.05, 0.1) is 5.60 Å². The molecule has 2 fully saturated rings. The van der Waals surface area contributed by atoms with Gasteiger partial charge >= 0.3 is 0 Å². The Morgan fingerprint density at radius 1 is 1.12 bits per heavy atom. The highest BCUT2D eigenvalue weighted by Crippen LogP contribution is 2.67. The molecular weight excluding hydrogens is 416 g/mol. The van der Waals surface area contributed by atoms with Crippen LogP contribution in [-0.4, -0.2) is 34.5 Å². The summed E-state index contributed by atoms with van der Waals surface area (Å²) in [5.74, 6) is 1.54. The summed E-state index contributed by atoms with van der Waals surface area (Å²) in [6.45, 7) is 2.48. The van der Waals surface area contributed by atoms with Crippen LogP contribution in [0, 0.1) is 17.3 Å². The highest BCUT2D eigenvalue weighted by Gasteiger charge is 2.62. The summed E-state index contributed by atoms with van der Waals surface area (Å²) in [6.07, 6.45) is 11.9. The van der Waals surface area contributed by atoms with Crippen LogP contribution in [0.1, 0.15) is 76.2 Å². The molecule has 0 heterocycles. The third kappa shape index (κ3) is 3.45. The maximum Gasteiger partial charge on any atom is 0.156 e. The number of rotatable bonds is 5. The van der Waals surface area contributed by atoms with Crippen molar-refractivity contribution in [3.05, 3.63) is 52.6 Å². The minimum absolute atomic E-state index is 0.142. The zero-order valence-corrected chi connectivity index (χ0v) is 20.2. The number of hydrogen-bond acceptors (Lipinski definition) is 4. The molecule has 2 saturated carbocycles. The van der Waals surface area contributed by atoms with Gasteiger partial charge in [0.1, 0.15) is 0 Å². The maximum atomic E-state index is 12.2. The number of hydrogen-bond donors (Lipinski definition) is 2. The number of carbonyl (C=O) groups excluding carboxylic acids is 1. The Balaban J connectivity index is 1.63. The first kappa shape index (κ1) is 22.4. The van der Waals surface area contributed by atoms with Crippen LogP contribution >= 0.6 is 11.8 Å². The normalized spacial score (nSPS) is 36.4. The van der Waals surface area contributed by atoms with E-state index in [0.717, 1.165) is 38.5 Å². The van der Waals surface area contributed by atoms with E-state index in [1.54, 1.807) is 17.3 Å². The van der Waals surface area contributed by atoms with Gasteiger partial charge in [-0.05, 0) is 104 Å². The average Bonchev–Trinajstić information content (AvgIpc) is 3.07. The van der Waals surface area contributed by atoms with Crippen LogP contribution < -0.4 is 0 Å². The number of fused-ring (bicyclic) bond motifs is 4. The molecule has 0 unspecified atom stereocenters. The standard InChI is InChI=1S/C28H36O3S/c1-27-17-24(18-4-8-21(32-2)9-5-18)26-22-11-7-20(30)16-19(22)6-10-23(26)25(27)12-14-28(27,31)13-3-15-29/h4-5,8-9,16,23-25,29,31H,3,6-7,10-15,17H2,1-2H3/t23-,24+,25-,27-,28-/m0/s1. The lowest BCUT2D eigenvalue weighted by Gasteiger charge is -2.55. The van der Waals surface area contributed by atoms with E-state index in [2.05, 4.69) is 37.4 Å². The zero-order chi connectivity index (χ0) is 22.5. The number of benzene rings is 1. The van der Waals surface area contributed by atoms with Gasteiger partial charge in [0.25, 0.3) is 0 Å². The summed E-state index contributed by atoms with van der Waals surface area (Å²) in [6, 6.07) is 9.04. The Labute approximate surface area is 196 Å².